The second kappa shape index (κ2) is 11.3. The lowest BCUT2D eigenvalue weighted by Gasteiger charge is -2.39. The molecular weight excluding hydrogens is 438 g/mol. The minimum absolute atomic E-state index is 0.00705. The van der Waals surface area contributed by atoms with Gasteiger partial charge in [0.2, 0.25) is 11.8 Å². The minimum Gasteiger partial charge on any atom is -0.478 e. The molecular formula is C25H41N3O4S. The maximum absolute atomic E-state index is 13.6. The van der Waals surface area contributed by atoms with Crippen molar-refractivity contribution < 1.29 is 19.5 Å². The van der Waals surface area contributed by atoms with Crippen LogP contribution in [0.3, 0.4) is 0 Å². The molecule has 0 radical (unpaired) electrons. The molecule has 1 rings (SSSR count). The monoisotopic (exact) mass is 479 g/mol. The lowest BCUT2D eigenvalue weighted by atomic mass is 9.80. The van der Waals surface area contributed by atoms with Crippen LogP contribution in [0.15, 0.2) is 29.2 Å². The number of carboxylic acid groups (broad SMARTS) is 1. The van der Waals surface area contributed by atoms with Crippen molar-refractivity contribution in [3.05, 3.63) is 34.0 Å². The van der Waals surface area contributed by atoms with Crippen LogP contribution in [0, 0.1) is 11.3 Å². The van der Waals surface area contributed by atoms with Crippen LogP contribution in [-0.4, -0.2) is 60.0 Å². The van der Waals surface area contributed by atoms with Gasteiger partial charge in [-0.3, -0.25) is 9.59 Å². The van der Waals surface area contributed by atoms with Gasteiger partial charge in [0.25, 0.3) is 0 Å². The molecule has 1 heterocycles. The molecule has 33 heavy (non-hydrogen) atoms. The molecule has 1 aromatic heterocycles. The van der Waals surface area contributed by atoms with Gasteiger partial charge in [-0.05, 0) is 36.8 Å². The Hall–Kier alpha value is -2.19. The number of aliphatic carboxylic acids is 1. The quantitative estimate of drug-likeness (QED) is 0.445. The van der Waals surface area contributed by atoms with Crippen LogP contribution in [0.5, 0.6) is 0 Å². The Bertz CT molecular complexity index is 854. The summed E-state index contributed by atoms with van der Waals surface area (Å²) < 4.78 is 0. The first-order chi connectivity index (χ1) is 15.0. The van der Waals surface area contributed by atoms with Crippen molar-refractivity contribution in [2.75, 3.05) is 14.1 Å². The second-order valence-corrected chi connectivity index (χ2v) is 11.5. The normalized spacial score (nSPS) is 15.7. The lowest BCUT2D eigenvalue weighted by molar-refractivity contribution is -0.141. The molecule has 3 N–H and O–H groups in total. The average Bonchev–Trinajstić information content (AvgIpc) is 3.23. The van der Waals surface area contributed by atoms with E-state index in [9.17, 15) is 19.5 Å². The van der Waals surface area contributed by atoms with E-state index in [4.69, 9.17) is 0 Å². The number of thiophene rings is 1. The molecule has 8 heteroatoms. The summed E-state index contributed by atoms with van der Waals surface area (Å²) in [5, 5.41) is 17.4. The number of hydrogen-bond acceptors (Lipinski definition) is 5. The van der Waals surface area contributed by atoms with Gasteiger partial charge in [-0.15, -0.1) is 11.3 Å². The molecule has 0 fully saturated rings. The predicted octanol–water partition coefficient (Wildman–Crippen LogP) is 3.66. The van der Waals surface area contributed by atoms with Gasteiger partial charge in [0, 0.05) is 22.9 Å². The Labute approximate surface area is 202 Å². The summed E-state index contributed by atoms with van der Waals surface area (Å²) in [4.78, 5) is 41.0. The highest BCUT2D eigenvalue weighted by atomic mass is 32.1. The summed E-state index contributed by atoms with van der Waals surface area (Å²) >= 11 is 1.59. The molecule has 3 atom stereocenters. The molecule has 0 aliphatic carbocycles. The van der Waals surface area contributed by atoms with Crippen LogP contribution in [0.1, 0.15) is 60.3 Å². The maximum Gasteiger partial charge on any atom is 0.331 e. The predicted molar refractivity (Wildman–Crippen MR) is 134 cm³/mol. The van der Waals surface area contributed by atoms with E-state index in [1.807, 2.05) is 66.0 Å². The first-order valence-electron chi connectivity index (χ1n) is 11.3. The van der Waals surface area contributed by atoms with E-state index < -0.39 is 34.9 Å². The number of nitrogens with one attached hydrogen (secondary N) is 2. The van der Waals surface area contributed by atoms with Crippen LogP contribution in [0.2, 0.25) is 0 Å². The molecule has 0 aliphatic heterocycles. The number of carbonyl (C=O) groups excluding carboxylic acids is 2. The number of carboxylic acids is 1. The number of carbonyl (C=O) groups is 3. The zero-order valence-electron chi connectivity index (χ0n) is 21.6. The maximum atomic E-state index is 13.6. The van der Waals surface area contributed by atoms with Crippen molar-refractivity contribution in [2.24, 2.45) is 11.3 Å². The first kappa shape index (κ1) is 28.8. The highest BCUT2D eigenvalue weighted by Crippen LogP contribution is 2.32. The summed E-state index contributed by atoms with van der Waals surface area (Å²) in [7, 11) is 3.41. The van der Waals surface area contributed by atoms with E-state index in [0.717, 1.165) is 4.88 Å². The summed E-state index contributed by atoms with van der Waals surface area (Å²) in [6.07, 6.45) is 1.60. The summed E-state index contributed by atoms with van der Waals surface area (Å²) in [5.41, 5.74) is -0.858. The third kappa shape index (κ3) is 7.14. The molecule has 0 aliphatic rings. The van der Waals surface area contributed by atoms with Crippen LogP contribution in [0.25, 0.3) is 0 Å². The van der Waals surface area contributed by atoms with Crippen molar-refractivity contribution in [1.29, 1.82) is 0 Å². The van der Waals surface area contributed by atoms with Crippen LogP contribution >= 0.6 is 11.3 Å². The molecule has 1 aromatic rings. The third-order valence-corrected chi connectivity index (χ3v) is 7.27. The number of likely N-dealkylation sites (N-methyl/N-ethyl adjacent to an activating group) is 2. The zero-order chi connectivity index (χ0) is 25.7. The lowest BCUT2D eigenvalue weighted by Crippen LogP contribution is -2.61. The van der Waals surface area contributed by atoms with Gasteiger partial charge in [-0.25, -0.2) is 4.79 Å². The first-order valence-corrected chi connectivity index (χ1v) is 12.1. The largest absolute Gasteiger partial charge is 0.478 e. The summed E-state index contributed by atoms with van der Waals surface area (Å²) in [6, 6.07) is 2.21. The van der Waals surface area contributed by atoms with Crippen molar-refractivity contribution in [2.45, 2.75) is 78.9 Å². The van der Waals surface area contributed by atoms with E-state index in [1.54, 1.807) is 36.4 Å². The van der Waals surface area contributed by atoms with E-state index in [1.165, 1.54) is 6.92 Å². The standard InChI is InChI=1S/C25H41N3O4S/c1-15(2)17(14-16(3)23(31)32)28(10)22(30)20(24(4,5)6)27-21(29)19(26-9)25(7,8)18-12-11-13-33-18/h11-15,17,19-20,26H,1-10H3,(H,27,29)(H,31,32)/b16-14+/t17-,19+,20-/m1/s1. The molecule has 0 saturated carbocycles. The van der Waals surface area contributed by atoms with Gasteiger partial charge in [0.1, 0.15) is 6.04 Å². The van der Waals surface area contributed by atoms with Crippen LogP contribution in [0.4, 0.5) is 0 Å². The van der Waals surface area contributed by atoms with E-state index in [0.29, 0.717) is 0 Å². The van der Waals surface area contributed by atoms with Crippen molar-refractivity contribution in [3.8, 4) is 0 Å². The highest BCUT2D eigenvalue weighted by molar-refractivity contribution is 7.10. The fourth-order valence-electron chi connectivity index (χ4n) is 3.91. The fourth-order valence-corrected chi connectivity index (χ4v) is 4.79. The van der Waals surface area contributed by atoms with Gasteiger partial charge < -0.3 is 20.6 Å². The number of nitrogens with zero attached hydrogens (tertiary/aromatic N) is 1. The van der Waals surface area contributed by atoms with Crippen molar-refractivity contribution >= 4 is 29.1 Å². The Morgan fingerprint density at radius 2 is 1.70 bits per heavy atom. The van der Waals surface area contributed by atoms with E-state index in [2.05, 4.69) is 10.6 Å². The average molecular weight is 480 g/mol. The molecule has 7 nitrogen and oxygen atoms in total. The zero-order valence-corrected chi connectivity index (χ0v) is 22.5. The molecule has 0 unspecified atom stereocenters. The molecule has 2 amide bonds. The molecule has 0 spiro atoms. The van der Waals surface area contributed by atoms with Gasteiger partial charge in [-0.1, -0.05) is 60.6 Å². The second-order valence-electron chi connectivity index (χ2n) is 10.6. The summed E-state index contributed by atoms with van der Waals surface area (Å²) in [5.74, 6) is -1.54. The topological polar surface area (TPSA) is 98.7 Å². The highest BCUT2D eigenvalue weighted by Gasteiger charge is 2.42. The number of amides is 2. The van der Waals surface area contributed by atoms with E-state index in [-0.39, 0.29) is 23.3 Å². The van der Waals surface area contributed by atoms with Gasteiger partial charge in [0.05, 0.1) is 12.1 Å². The Kier molecular flexibility index (Phi) is 9.87. The molecule has 186 valence electrons. The molecule has 0 aromatic carbocycles. The van der Waals surface area contributed by atoms with Crippen molar-refractivity contribution in [1.82, 2.24) is 15.5 Å². The Morgan fingerprint density at radius 1 is 1.12 bits per heavy atom. The number of rotatable bonds is 10. The Morgan fingerprint density at radius 3 is 2.09 bits per heavy atom. The third-order valence-electron chi connectivity index (χ3n) is 6.06. The van der Waals surface area contributed by atoms with E-state index >= 15 is 0 Å². The minimum atomic E-state index is -1.02. The summed E-state index contributed by atoms with van der Waals surface area (Å²) in [6.45, 7) is 15.1. The van der Waals surface area contributed by atoms with Gasteiger partial charge in [0.15, 0.2) is 0 Å². The smallest absolute Gasteiger partial charge is 0.331 e. The van der Waals surface area contributed by atoms with Gasteiger partial charge in [-0.2, -0.15) is 0 Å². The van der Waals surface area contributed by atoms with Crippen LogP contribution in [-0.2, 0) is 19.8 Å². The van der Waals surface area contributed by atoms with Gasteiger partial charge >= 0.3 is 5.97 Å². The molecule has 0 bridgehead atoms. The number of hydrogen-bond donors (Lipinski definition) is 3. The SMILES string of the molecule is CN[C@@H](C(=O)N[C@H](C(=O)N(C)[C@H](/C=C(\C)C(=O)O)C(C)C)C(C)(C)C)C(C)(C)c1cccs1. The fraction of sp³-hybridized carbons (Fsp3) is 0.640. The van der Waals surface area contributed by atoms with Crippen molar-refractivity contribution in [3.63, 3.8) is 0 Å². The van der Waals surface area contributed by atoms with Crippen LogP contribution < -0.4 is 10.6 Å². The Balaban J connectivity index is 3.26. The molecule has 0 saturated heterocycles.